The van der Waals surface area contributed by atoms with E-state index in [-0.39, 0.29) is 10.8 Å². The maximum atomic E-state index is 5.88. The van der Waals surface area contributed by atoms with Gasteiger partial charge in [0.05, 0.1) is 10.7 Å². The summed E-state index contributed by atoms with van der Waals surface area (Å²) in [6, 6.07) is 0. The van der Waals surface area contributed by atoms with Crippen molar-refractivity contribution >= 4 is 11.3 Å². The van der Waals surface area contributed by atoms with Crippen molar-refractivity contribution in [1.82, 2.24) is 4.98 Å². The number of nitrogens with two attached hydrogens (primary N) is 1. The Bertz CT molecular complexity index is 455. The van der Waals surface area contributed by atoms with Crippen LogP contribution in [0.1, 0.15) is 63.5 Å². The smallest absolute Gasteiger partial charge is 0.1000 e. The van der Waals surface area contributed by atoms with Gasteiger partial charge >= 0.3 is 0 Å². The molecule has 1 aliphatic rings. The molecular weight excluding hydrogens is 240 g/mol. The van der Waals surface area contributed by atoms with Crippen molar-refractivity contribution in [2.75, 3.05) is 6.54 Å². The number of aromatic nitrogens is 1. The Morgan fingerprint density at radius 1 is 1.28 bits per heavy atom. The summed E-state index contributed by atoms with van der Waals surface area (Å²) in [7, 11) is 0. The van der Waals surface area contributed by atoms with Gasteiger partial charge in [-0.05, 0) is 18.3 Å². The summed E-state index contributed by atoms with van der Waals surface area (Å²) < 4.78 is 0. The quantitative estimate of drug-likeness (QED) is 0.888. The number of thiazole rings is 1. The minimum absolute atomic E-state index is 0.00221. The van der Waals surface area contributed by atoms with Gasteiger partial charge in [0, 0.05) is 22.3 Å². The molecule has 0 bridgehead atoms. The van der Waals surface area contributed by atoms with Crippen LogP contribution in [0.3, 0.4) is 0 Å². The maximum Gasteiger partial charge on any atom is 0.1000 e. The number of hydrogen-bond donors (Lipinski definition) is 1. The van der Waals surface area contributed by atoms with Crippen LogP contribution in [0.25, 0.3) is 0 Å². The van der Waals surface area contributed by atoms with Crippen molar-refractivity contribution in [3.63, 3.8) is 0 Å². The van der Waals surface area contributed by atoms with Gasteiger partial charge in [-0.2, -0.15) is 0 Å². The minimum Gasteiger partial charge on any atom is -0.330 e. The first kappa shape index (κ1) is 14.0. The summed E-state index contributed by atoms with van der Waals surface area (Å²) in [5.74, 6) is 0. The van der Waals surface area contributed by atoms with Crippen LogP contribution in [0.15, 0.2) is 0 Å². The molecule has 0 atom stereocenters. The maximum absolute atomic E-state index is 5.88. The van der Waals surface area contributed by atoms with Crippen molar-refractivity contribution in [1.29, 1.82) is 0 Å². The first-order valence-corrected chi connectivity index (χ1v) is 7.60. The van der Waals surface area contributed by atoms with Gasteiger partial charge in [0.25, 0.3) is 0 Å². The molecule has 0 radical (unpaired) electrons. The van der Waals surface area contributed by atoms with E-state index in [1.54, 1.807) is 0 Å². The molecule has 0 saturated carbocycles. The van der Waals surface area contributed by atoms with Crippen LogP contribution in [0.5, 0.6) is 0 Å². The lowest BCUT2D eigenvalue weighted by Crippen LogP contribution is -2.33. The van der Waals surface area contributed by atoms with Gasteiger partial charge in [-0.15, -0.1) is 11.3 Å². The van der Waals surface area contributed by atoms with E-state index < -0.39 is 0 Å². The average molecular weight is 266 g/mol. The molecule has 1 aliphatic carbocycles. The first-order valence-electron chi connectivity index (χ1n) is 6.78. The van der Waals surface area contributed by atoms with Crippen LogP contribution in [-0.4, -0.2) is 11.5 Å². The second-order valence-corrected chi connectivity index (χ2v) is 8.78. The Morgan fingerprint density at radius 3 is 2.44 bits per heavy atom. The third-order valence-electron chi connectivity index (χ3n) is 3.97. The van der Waals surface area contributed by atoms with E-state index in [0.717, 1.165) is 6.42 Å². The molecule has 2 rings (SSSR count). The van der Waals surface area contributed by atoms with E-state index in [4.69, 9.17) is 10.7 Å². The van der Waals surface area contributed by atoms with E-state index >= 15 is 0 Å². The van der Waals surface area contributed by atoms with E-state index in [1.807, 2.05) is 11.3 Å². The highest BCUT2D eigenvalue weighted by molar-refractivity contribution is 7.12. The second-order valence-electron chi connectivity index (χ2n) is 7.78. The Kier molecular flexibility index (Phi) is 3.14. The predicted molar refractivity (Wildman–Crippen MR) is 79.3 cm³/mol. The molecule has 0 aliphatic heterocycles. The van der Waals surface area contributed by atoms with Gasteiger partial charge in [0.15, 0.2) is 0 Å². The fourth-order valence-corrected chi connectivity index (χ4v) is 4.46. The molecule has 1 heterocycles. The largest absolute Gasteiger partial charge is 0.330 e. The number of fused-ring (bicyclic) bond motifs is 1. The summed E-state index contributed by atoms with van der Waals surface area (Å²) >= 11 is 1.88. The van der Waals surface area contributed by atoms with Gasteiger partial charge < -0.3 is 5.73 Å². The second kappa shape index (κ2) is 4.04. The van der Waals surface area contributed by atoms with Crippen LogP contribution in [0.4, 0.5) is 0 Å². The normalized spacial score (nSPS) is 21.7. The van der Waals surface area contributed by atoms with Gasteiger partial charge in [0.2, 0.25) is 0 Å². The van der Waals surface area contributed by atoms with Crippen molar-refractivity contribution in [3.05, 3.63) is 15.6 Å². The van der Waals surface area contributed by atoms with Gasteiger partial charge in [-0.3, -0.25) is 0 Å². The summed E-state index contributed by atoms with van der Waals surface area (Å²) in [6.07, 6.45) is 2.33. The van der Waals surface area contributed by atoms with Crippen LogP contribution < -0.4 is 5.73 Å². The Labute approximate surface area is 115 Å². The van der Waals surface area contributed by atoms with E-state index in [2.05, 4.69) is 41.5 Å². The van der Waals surface area contributed by atoms with Crippen LogP contribution in [-0.2, 0) is 17.3 Å². The van der Waals surface area contributed by atoms with Crippen LogP contribution in [0, 0.1) is 5.41 Å². The third kappa shape index (κ3) is 2.35. The third-order valence-corrected chi connectivity index (χ3v) is 5.80. The SMILES string of the molecule is CC1(C)Cc2nc(C(C)(C)CN)sc2C(C)(C)C1. The average Bonchev–Trinajstić information content (AvgIpc) is 2.59. The highest BCUT2D eigenvalue weighted by Crippen LogP contribution is 2.48. The molecule has 1 aromatic heterocycles. The summed E-state index contributed by atoms with van der Waals surface area (Å²) in [5.41, 5.74) is 7.81. The Hall–Kier alpha value is -0.410. The van der Waals surface area contributed by atoms with Crippen molar-refractivity contribution in [2.24, 2.45) is 11.1 Å². The zero-order valence-corrected chi connectivity index (χ0v) is 13.4. The highest BCUT2D eigenvalue weighted by atomic mass is 32.1. The van der Waals surface area contributed by atoms with Gasteiger partial charge in [-0.1, -0.05) is 41.5 Å². The molecule has 0 spiro atoms. The first-order chi connectivity index (χ1) is 8.07. The lowest BCUT2D eigenvalue weighted by Gasteiger charge is -2.39. The fraction of sp³-hybridized carbons (Fsp3) is 0.800. The molecule has 0 unspecified atom stereocenters. The number of rotatable bonds is 2. The van der Waals surface area contributed by atoms with Crippen LogP contribution >= 0.6 is 11.3 Å². The topological polar surface area (TPSA) is 38.9 Å². The molecule has 18 heavy (non-hydrogen) atoms. The molecule has 3 heteroatoms. The van der Waals surface area contributed by atoms with Gasteiger partial charge in [0.1, 0.15) is 0 Å². The van der Waals surface area contributed by atoms with E-state index in [0.29, 0.717) is 12.0 Å². The fourth-order valence-electron chi connectivity index (χ4n) is 3.17. The van der Waals surface area contributed by atoms with Crippen molar-refractivity contribution in [3.8, 4) is 0 Å². The Balaban J connectivity index is 2.49. The summed E-state index contributed by atoms with van der Waals surface area (Å²) in [4.78, 5) is 6.41. The lowest BCUT2D eigenvalue weighted by atomic mass is 9.67. The van der Waals surface area contributed by atoms with Crippen molar-refractivity contribution in [2.45, 2.75) is 65.2 Å². The zero-order valence-electron chi connectivity index (χ0n) is 12.6. The Morgan fingerprint density at radius 2 is 1.89 bits per heavy atom. The predicted octanol–water partition coefficient (Wildman–Crippen LogP) is 3.63. The minimum atomic E-state index is 0.00221. The molecule has 1 aromatic rings. The number of hydrogen-bond acceptors (Lipinski definition) is 3. The molecular formula is C15H26N2S. The summed E-state index contributed by atoms with van der Waals surface area (Å²) in [5, 5.41) is 1.21. The molecule has 2 N–H and O–H groups in total. The monoisotopic (exact) mass is 266 g/mol. The number of nitrogens with zero attached hydrogens (tertiary/aromatic N) is 1. The molecule has 0 saturated heterocycles. The summed E-state index contributed by atoms with van der Waals surface area (Å²) in [6.45, 7) is 14.4. The van der Waals surface area contributed by atoms with Gasteiger partial charge in [-0.25, -0.2) is 4.98 Å². The van der Waals surface area contributed by atoms with E-state index in [1.165, 1.54) is 22.0 Å². The van der Waals surface area contributed by atoms with Crippen LogP contribution in [0.2, 0.25) is 0 Å². The lowest BCUT2D eigenvalue weighted by molar-refractivity contribution is 0.232. The van der Waals surface area contributed by atoms with E-state index in [9.17, 15) is 0 Å². The standard InChI is InChI=1S/C15H26N2S/c1-13(2)7-10-11(14(3,4)8-13)18-12(17-10)15(5,6)9-16/h7-9,16H2,1-6H3. The zero-order chi connectivity index (χ0) is 13.8. The molecule has 0 aromatic carbocycles. The van der Waals surface area contributed by atoms with Crippen molar-refractivity contribution < 1.29 is 0 Å². The molecule has 2 nitrogen and oxygen atoms in total. The molecule has 0 fully saturated rings. The highest BCUT2D eigenvalue weighted by Gasteiger charge is 2.41. The molecule has 0 amide bonds. The molecule has 102 valence electrons.